The molecule has 0 N–H and O–H groups in total. The standard InChI is InChI=1S/C36H44B.C24H39P/c1-21-13-25(5)33(26(6)14-21)37(34-27(7)15-22(2)16-28(34)8,35-29(9)17-23(3)18-30(35)10)36-31(11)19-24(4)20-32(36)12;1-18(2)20-15-21(19(3)4)17-24(16-20)25(22-11-7-5-8-12-22)23-13-9-6-10-14-23/h13-20H,1-12H3;15-19,22-23H,5-14H2,1-4H3/q-1;/p+1. The molecule has 0 unspecified atom stereocenters. The molecular weight excluding hydrogens is 762 g/mol. The van der Waals surface area contributed by atoms with Crippen LogP contribution in [0.2, 0.25) is 0 Å². The van der Waals surface area contributed by atoms with Gasteiger partial charge in [-0.1, -0.05) is 162 Å². The van der Waals surface area contributed by atoms with E-state index >= 15 is 0 Å². The molecule has 0 heterocycles. The minimum atomic E-state index is -1.48. The molecule has 0 saturated heterocycles. The van der Waals surface area contributed by atoms with E-state index in [1.807, 2.05) is 0 Å². The molecule has 0 bridgehead atoms. The normalized spacial score (nSPS) is 15.4. The predicted molar refractivity (Wildman–Crippen MR) is 283 cm³/mol. The lowest BCUT2D eigenvalue weighted by Gasteiger charge is -2.51. The average Bonchev–Trinajstić information content (AvgIpc) is 3.17. The smallest absolute Gasteiger partial charge is 0.110 e. The molecule has 0 aliphatic heterocycles. The molecule has 5 aromatic carbocycles. The quantitative estimate of drug-likeness (QED) is 0.102. The van der Waals surface area contributed by atoms with Crippen molar-refractivity contribution in [2.75, 3.05) is 0 Å². The van der Waals surface area contributed by atoms with Crippen molar-refractivity contribution in [3.05, 3.63) is 145 Å². The van der Waals surface area contributed by atoms with Gasteiger partial charge in [-0.25, -0.2) is 0 Å². The number of hydrogen-bond acceptors (Lipinski definition) is 0. The van der Waals surface area contributed by atoms with Gasteiger partial charge in [0.25, 0.3) is 0 Å². The maximum absolute atomic E-state index is 2.65. The Morgan fingerprint density at radius 2 is 0.597 bits per heavy atom. The van der Waals surface area contributed by atoms with Crippen molar-refractivity contribution in [2.45, 2.75) is 198 Å². The Kier molecular flexibility index (Phi) is 15.6. The van der Waals surface area contributed by atoms with Crippen LogP contribution < -0.4 is 27.2 Å². The lowest BCUT2D eigenvalue weighted by atomic mass is 9.10. The van der Waals surface area contributed by atoms with E-state index in [1.165, 1.54) is 153 Å². The molecule has 332 valence electrons. The summed E-state index contributed by atoms with van der Waals surface area (Å²) in [6.07, 6.45) is 13.6. The molecule has 0 spiro atoms. The van der Waals surface area contributed by atoms with Gasteiger partial charge in [0.1, 0.15) is 6.15 Å². The Morgan fingerprint density at radius 3 is 0.823 bits per heavy atom. The van der Waals surface area contributed by atoms with Gasteiger partial charge in [-0.2, -0.15) is 21.9 Å². The van der Waals surface area contributed by atoms with Crippen LogP contribution >= 0.6 is 7.92 Å². The third-order valence-electron chi connectivity index (χ3n) is 15.4. The van der Waals surface area contributed by atoms with Crippen LogP contribution in [-0.2, 0) is 0 Å². The van der Waals surface area contributed by atoms with Crippen molar-refractivity contribution in [3.8, 4) is 0 Å². The summed E-state index contributed by atoms with van der Waals surface area (Å²) in [6.45, 7) is 37.1. The Balaban J connectivity index is 0.000000223. The average molecular weight is 847 g/mol. The molecule has 0 aromatic heterocycles. The second kappa shape index (κ2) is 20.2. The lowest BCUT2D eigenvalue weighted by Crippen LogP contribution is -2.78. The van der Waals surface area contributed by atoms with Gasteiger partial charge in [0.2, 0.25) is 0 Å². The Bertz CT molecular complexity index is 1990. The third kappa shape index (κ3) is 9.95. The van der Waals surface area contributed by atoms with Crippen LogP contribution in [0, 0.1) is 83.1 Å². The summed E-state index contributed by atoms with van der Waals surface area (Å²) in [4.78, 5) is 0. The highest BCUT2D eigenvalue weighted by atomic mass is 31.1. The lowest BCUT2D eigenvalue weighted by molar-refractivity contribution is 0.487. The van der Waals surface area contributed by atoms with E-state index in [1.54, 1.807) is 16.4 Å². The van der Waals surface area contributed by atoms with E-state index in [9.17, 15) is 0 Å². The van der Waals surface area contributed by atoms with Gasteiger partial charge in [-0.3, -0.25) is 0 Å². The van der Waals surface area contributed by atoms with Crippen molar-refractivity contribution < 1.29 is 0 Å². The number of hydrogen-bond donors (Lipinski definition) is 0. The van der Waals surface area contributed by atoms with Gasteiger partial charge in [-0.15, -0.1) is 0 Å². The molecule has 0 nitrogen and oxygen atoms in total. The van der Waals surface area contributed by atoms with Crippen LogP contribution in [0.15, 0.2) is 66.7 Å². The molecule has 2 saturated carbocycles. The van der Waals surface area contributed by atoms with E-state index in [0.717, 1.165) is 11.3 Å². The van der Waals surface area contributed by atoms with Crippen LogP contribution in [0.3, 0.4) is 0 Å². The van der Waals surface area contributed by atoms with Gasteiger partial charge in [0, 0.05) is 7.92 Å². The molecule has 0 atom stereocenters. The number of rotatable bonds is 9. The maximum Gasteiger partial charge on any atom is 0.110 e. The molecule has 2 heteroatoms. The van der Waals surface area contributed by atoms with Crippen LogP contribution in [0.5, 0.6) is 0 Å². The molecule has 2 aliphatic carbocycles. The van der Waals surface area contributed by atoms with E-state index in [-0.39, 0.29) is 0 Å². The molecular formula is C60H84BP. The SMILES string of the molecule is CC(C)c1cc(C(C)C)cc([PH+](C2CCCCC2)C2CCCCC2)c1.Cc1cc(C)c([B-](c2c(C)cc(C)cc2C)(c2c(C)cc(C)cc2C)c2c(C)cc(C)cc2C)c(C)c1. The molecule has 2 aliphatic rings. The Hall–Kier alpha value is -3.41. The minimum absolute atomic E-state index is 0.434. The first kappa shape index (κ1) is 48.1. The Labute approximate surface area is 382 Å². The molecule has 62 heavy (non-hydrogen) atoms. The first-order chi connectivity index (χ1) is 29.3. The highest BCUT2D eigenvalue weighted by molar-refractivity contribution is 7.67. The maximum atomic E-state index is 2.65. The molecule has 0 amide bonds. The van der Waals surface area contributed by atoms with E-state index in [4.69, 9.17) is 0 Å². The van der Waals surface area contributed by atoms with E-state index < -0.39 is 14.1 Å². The number of aryl methyl sites for hydroxylation is 12. The second-order valence-electron chi connectivity index (χ2n) is 21.4. The zero-order valence-corrected chi connectivity index (χ0v) is 43.3. The van der Waals surface area contributed by atoms with E-state index in [2.05, 4.69) is 178 Å². The zero-order chi connectivity index (χ0) is 45.2. The molecule has 7 rings (SSSR count). The van der Waals surface area contributed by atoms with Gasteiger partial charge < -0.3 is 0 Å². The first-order valence-corrected chi connectivity index (χ1v) is 26.5. The molecule has 5 aromatic rings. The first-order valence-electron chi connectivity index (χ1n) is 24.9. The van der Waals surface area contributed by atoms with Crippen LogP contribution in [-0.4, -0.2) is 17.5 Å². The summed E-state index contributed by atoms with van der Waals surface area (Å²) in [6, 6.07) is 27.0. The summed E-state index contributed by atoms with van der Waals surface area (Å²) in [7, 11) is -0.434. The van der Waals surface area contributed by atoms with Crippen molar-refractivity contribution in [2.24, 2.45) is 0 Å². The van der Waals surface area contributed by atoms with Gasteiger partial charge >= 0.3 is 0 Å². The third-order valence-corrected chi connectivity index (χ3v) is 19.3. The Morgan fingerprint density at radius 1 is 0.355 bits per heavy atom. The van der Waals surface area contributed by atoms with Crippen LogP contribution in [0.1, 0.15) is 182 Å². The summed E-state index contributed by atoms with van der Waals surface area (Å²) in [5.74, 6) is 1.30. The highest BCUT2D eigenvalue weighted by Gasteiger charge is 2.41. The van der Waals surface area contributed by atoms with Crippen LogP contribution in [0.25, 0.3) is 0 Å². The van der Waals surface area contributed by atoms with Crippen LogP contribution in [0.4, 0.5) is 0 Å². The van der Waals surface area contributed by atoms with Crippen molar-refractivity contribution in [3.63, 3.8) is 0 Å². The van der Waals surface area contributed by atoms with Gasteiger partial charge in [0.05, 0.1) is 16.6 Å². The largest absolute Gasteiger partial charge is 0.189 e. The van der Waals surface area contributed by atoms with Crippen molar-refractivity contribution in [1.29, 1.82) is 0 Å². The zero-order valence-electron chi connectivity index (χ0n) is 42.3. The van der Waals surface area contributed by atoms with Gasteiger partial charge in [-0.05, 0) is 170 Å². The monoisotopic (exact) mass is 847 g/mol. The topological polar surface area (TPSA) is 0 Å². The molecule has 0 radical (unpaired) electrons. The summed E-state index contributed by atoms with van der Waals surface area (Å²) in [5.41, 5.74) is 27.6. The summed E-state index contributed by atoms with van der Waals surface area (Å²) < 4.78 is 0. The van der Waals surface area contributed by atoms with Crippen molar-refractivity contribution >= 4 is 41.2 Å². The van der Waals surface area contributed by atoms with Crippen molar-refractivity contribution in [1.82, 2.24) is 0 Å². The summed E-state index contributed by atoms with van der Waals surface area (Å²) >= 11 is 0. The fourth-order valence-corrected chi connectivity index (χ4v) is 17.8. The fourth-order valence-electron chi connectivity index (χ4n) is 13.5. The second-order valence-corrected chi connectivity index (χ2v) is 24.6. The predicted octanol–water partition coefficient (Wildman–Crippen LogP) is 14.2. The van der Waals surface area contributed by atoms with E-state index in [0.29, 0.717) is 11.8 Å². The summed E-state index contributed by atoms with van der Waals surface area (Å²) in [5, 5.41) is 1.80. The highest BCUT2D eigenvalue weighted by Crippen LogP contribution is 2.55. The molecule has 2 fully saturated rings. The minimum Gasteiger partial charge on any atom is -0.189 e. The van der Waals surface area contributed by atoms with Gasteiger partial charge in [0.15, 0.2) is 0 Å². The number of benzene rings is 5. The fraction of sp³-hybridized carbons (Fsp3) is 0.500.